The van der Waals surface area contributed by atoms with Crippen LogP contribution in [0.5, 0.6) is 0 Å². The molecule has 1 aliphatic rings. The van der Waals surface area contributed by atoms with E-state index in [1.807, 2.05) is 12.1 Å². The molecule has 1 aromatic heterocycles. The van der Waals surface area contributed by atoms with Gasteiger partial charge in [-0.2, -0.15) is 0 Å². The Kier molecular flexibility index (Phi) is 2.31. The molecule has 0 spiro atoms. The minimum atomic E-state index is -0.395. The summed E-state index contributed by atoms with van der Waals surface area (Å²) in [5.74, 6) is -0.184. The van der Waals surface area contributed by atoms with Crippen LogP contribution >= 0.6 is 0 Å². The maximum Gasteiger partial charge on any atom is 0.268 e. The minimum Gasteiger partial charge on any atom is -0.399 e. The number of hydrogen-bond donors (Lipinski definition) is 4. The molecule has 1 amide bonds. The third kappa shape index (κ3) is 1.82. The van der Waals surface area contributed by atoms with Crippen LogP contribution in [-0.4, -0.2) is 28.1 Å². The summed E-state index contributed by atoms with van der Waals surface area (Å²) in [5, 5.41) is 13.0. The minimum absolute atomic E-state index is 0.00802. The zero-order valence-electron chi connectivity index (χ0n) is 9.86. The van der Waals surface area contributed by atoms with Crippen LogP contribution in [-0.2, 0) is 0 Å². The second kappa shape index (κ2) is 3.74. The molecular weight excluding hydrogens is 230 g/mol. The fourth-order valence-electron chi connectivity index (χ4n) is 2.06. The number of carbonyl (C=O) groups excluding carboxylic acids is 1. The molecule has 0 saturated heterocycles. The monoisotopic (exact) mass is 245 g/mol. The average molecular weight is 245 g/mol. The van der Waals surface area contributed by atoms with E-state index in [1.165, 1.54) is 0 Å². The van der Waals surface area contributed by atoms with Gasteiger partial charge >= 0.3 is 0 Å². The van der Waals surface area contributed by atoms with Gasteiger partial charge in [0.1, 0.15) is 5.69 Å². The number of nitrogen functional groups attached to an aromatic ring is 1. The number of anilines is 1. The van der Waals surface area contributed by atoms with E-state index in [2.05, 4.69) is 10.3 Å². The molecule has 5 heteroatoms. The lowest BCUT2D eigenvalue weighted by atomic mass is 10.2. The van der Waals surface area contributed by atoms with Gasteiger partial charge in [-0.05, 0) is 37.1 Å². The fourth-order valence-corrected chi connectivity index (χ4v) is 2.06. The van der Waals surface area contributed by atoms with Gasteiger partial charge in [0, 0.05) is 16.6 Å². The van der Waals surface area contributed by atoms with Crippen LogP contribution in [0.3, 0.4) is 0 Å². The predicted octanol–water partition coefficient (Wildman–Crippen LogP) is 1.00. The Morgan fingerprint density at radius 1 is 1.44 bits per heavy atom. The van der Waals surface area contributed by atoms with Crippen LogP contribution in [0, 0.1) is 0 Å². The first-order valence-corrected chi connectivity index (χ1v) is 5.94. The summed E-state index contributed by atoms with van der Waals surface area (Å²) < 4.78 is 0. The molecule has 0 bridgehead atoms. The Balaban J connectivity index is 1.87. The lowest BCUT2D eigenvalue weighted by Gasteiger charge is -2.12. The van der Waals surface area contributed by atoms with Crippen molar-refractivity contribution in [2.75, 3.05) is 12.3 Å². The molecule has 3 rings (SSSR count). The number of aromatic nitrogens is 1. The number of fused-ring (bicyclic) bond motifs is 1. The molecule has 5 N–H and O–H groups in total. The molecule has 0 atom stereocenters. The molecule has 1 heterocycles. The molecule has 94 valence electrons. The van der Waals surface area contributed by atoms with Crippen LogP contribution < -0.4 is 11.1 Å². The van der Waals surface area contributed by atoms with Gasteiger partial charge in [0.25, 0.3) is 5.91 Å². The number of carbonyl (C=O) groups is 1. The van der Waals surface area contributed by atoms with Crippen molar-refractivity contribution in [1.29, 1.82) is 0 Å². The van der Waals surface area contributed by atoms with Crippen LogP contribution in [0.15, 0.2) is 24.3 Å². The molecule has 1 aromatic carbocycles. The van der Waals surface area contributed by atoms with Crippen LogP contribution in [0.1, 0.15) is 23.3 Å². The highest BCUT2D eigenvalue weighted by molar-refractivity contribution is 5.99. The second-order valence-electron chi connectivity index (χ2n) is 4.92. The lowest BCUT2D eigenvalue weighted by molar-refractivity contribution is 0.0902. The van der Waals surface area contributed by atoms with Crippen molar-refractivity contribution in [1.82, 2.24) is 10.3 Å². The molecule has 0 aliphatic heterocycles. The fraction of sp³-hybridized carbons (Fsp3) is 0.308. The third-order valence-corrected chi connectivity index (χ3v) is 3.42. The number of aliphatic hydroxyl groups is 1. The summed E-state index contributed by atoms with van der Waals surface area (Å²) in [6.45, 7) is -0.00802. The lowest BCUT2D eigenvalue weighted by Crippen LogP contribution is -2.39. The number of aliphatic hydroxyl groups excluding tert-OH is 1. The molecule has 0 unspecified atom stereocenters. The zero-order valence-corrected chi connectivity index (χ0v) is 9.86. The number of hydrogen-bond acceptors (Lipinski definition) is 3. The Morgan fingerprint density at radius 3 is 2.89 bits per heavy atom. The van der Waals surface area contributed by atoms with E-state index in [4.69, 9.17) is 5.73 Å². The molecule has 1 aliphatic carbocycles. The summed E-state index contributed by atoms with van der Waals surface area (Å²) in [4.78, 5) is 15.1. The summed E-state index contributed by atoms with van der Waals surface area (Å²) in [6, 6.07) is 7.23. The van der Waals surface area contributed by atoms with Crippen molar-refractivity contribution in [2.45, 2.75) is 18.4 Å². The average Bonchev–Trinajstić information content (AvgIpc) is 2.99. The topological polar surface area (TPSA) is 91.1 Å². The summed E-state index contributed by atoms with van der Waals surface area (Å²) in [5.41, 5.74) is 7.34. The van der Waals surface area contributed by atoms with Crippen molar-refractivity contribution < 1.29 is 9.90 Å². The van der Waals surface area contributed by atoms with Crippen LogP contribution in [0.25, 0.3) is 10.9 Å². The number of H-pyrrole nitrogens is 1. The number of rotatable bonds is 3. The van der Waals surface area contributed by atoms with E-state index >= 15 is 0 Å². The van der Waals surface area contributed by atoms with E-state index in [-0.39, 0.29) is 12.5 Å². The predicted molar refractivity (Wildman–Crippen MR) is 69.2 cm³/mol. The first-order valence-electron chi connectivity index (χ1n) is 5.94. The van der Waals surface area contributed by atoms with E-state index in [1.54, 1.807) is 12.1 Å². The highest BCUT2D eigenvalue weighted by Gasteiger charge is 2.43. The number of amides is 1. The van der Waals surface area contributed by atoms with E-state index in [9.17, 15) is 9.90 Å². The van der Waals surface area contributed by atoms with E-state index in [0.29, 0.717) is 11.4 Å². The number of nitrogens with two attached hydrogens (primary N) is 1. The number of benzene rings is 1. The van der Waals surface area contributed by atoms with Gasteiger partial charge in [-0.3, -0.25) is 4.79 Å². The molecule has 5 nitrogen and oxygen atoms in total. The molecule has 0 radical (unpaired) electrons. The maximum absolute atomic E-state index is 12.0. The zero-order chi connectivity index (χ0) is 12.8. The molecule has 1 fully saturated rings. The number of aromatic amines is 1. The van der Waals surface area contributed by atoms with Crippen molar-refractivity contribution >= 4 is 22.5 Å². The Hall–Kier alpha value is -2.01. The van der Waals surface area contributed by atoms with E-state index < -0.39 is 5.54 Å². The van der Waals surface area contributed by atoms with Gasteiger partial charge in [-0.15, -0.1) is 0 Å². The van der Waals surface area contributed by atoms with Crippen molar-refractivity contribution in [3.8, 4) is 0 Å². The van der Waals surface area contributed by atoms with Gasteiger partial charge in [0.2, 0.25) is 0 Å². The van der Waals surface area contributed by atoms with Gasteiger partial charge in [-0.25, -0.2) is 0 Å². The maximum atomic E-state index is 12.0. The third-order valence-electron chi connectivity index (χ3n) is 3.42. The summed E-state index contributed by atoms with van der Waals surface area (Å²) in [6.07, 6.45) is 1.67. The smallest absolute Gasteiger partial charge is 0.268 e. The summed E-state index contributed by atoms with van der Waals surface area (Å²) in [7, 11) is 0. The van der Waals surface area contributed by atoms with Gasteiger partial charge in [0.15, 0.2) is 0 Å². The first-order chi connectivity index (χ1) is 8.62. The molecular formula is C13H15N3O2. The first kappa shape index (κ1) is 11.1. The second-order valence-corrected chi connectivity index (χ2v) is 4.92. The Labute approximate surface area is 104 Å². The summed E-state index contributed by atoms with van der Waals surface area (Å²) >= 11 is 0. The molecule has 2 aromatic rings. The Morgan fingerprint density at radius 2 is 2.22 bits per heavy atom. The standard InChI is InChI=1S/C13H15N3O2/c14-9-1-2-10-8(5-9)6-11(15-10)12(18)16-13(7-17)3-4-13/h1-2,5-6,15,17H,3-4,7,14H2,(H,16,18). The van der Waals surface area contributed by atoms with Gasteiger partial charge in [-0.1, -0.05) is 0 Å². The molecule has 18 heavy (non-hydrogen) atoms. The van der Waals surface area contributed by atoms with Crippen molar-refractivity contribution in [3.05, 3.63) is 30.0 Å². The van der Waals surface area contributed by atoms with Crippen LogP contribution in [0.4, 0.5) is 5.69 Å². The van der Waals surface area contributed by atoms with Crippen molar-refractivity contribution in [2.24, 2.45) is 0 Å². The Bertz CT molecular complexity index is 614. The largest absolute Gasteiger partial charge is 0.399 e. The van der Waals surface area contributed by atoms with Crippen LogP contribution in [0.2, 0.25) is 0 Å². The quantitative estimate of drug-likeness (QED) is 0.608. The van der Waals surface area contributed by atoms with Gasteiger partial charge in [0.05, 0.1) is 12.1 Å². The normalized spacial score (nSPS) is 16.7. The van der Waals surface area contributed by atoms with E-state index in [0.717, 1.165) is 23.7 Å². The van der Waals surface area contributed by atoms with Crippen molar-refractivity contribution in [3.63, 3.8) is 0 Å². The van der Waals surface area contributed by atoms with Gasteiger partial charge < -0.3 is 21.1 Å². The highest BCUT2D eigenvalue weighted by atomic mass is 16.3. The molecule has 1 saturated carbocycles. The SMILES string of the molecule is Nc1ccc2[nH]c(C(=O)NC3(CO)CC3)cc2c1. The highest BCUT2D eigenvalue weighted by Crippen LogP contribution is 2.34. The number of nitrogens with one attached hydrogen (secondary N) is 2.